The third kappa shape index (κ3) is 2.70. The van der Waals surface area contributed by atoms with E-state index in [2.05, 4.69) is 55.2 Å². The summed E-state index contributed by atoms with van der Waals surface area (Å²) in [5.41, 5.74) is 7.88. The second-order valence-corrected chi connectivity index (χ2v) is 8.14. The van der Waals surface area contributed by atoms with E-state index < -0.39 is 5.97 Å². The fraction of sp³-hybridized carbons (Fsp3) is 0.240. The molecule has 3 heteroatoms. The number of allylic oxidation sites excluding steroid dienone is 5. The van der Waals surface area contributed by atoms with E-state index in [1.54, 1.807) is 12.1 Å². The van der Waals surface area contributed by atoms with Crippen molar-refractivity contribution in [2.24, 2.45) is 0 Å². The molecule has 142 valence electrons. The Morgan fingerprint density at radius 1 is 1.07 bits per heavy atom. The maximum Gasteiger partial charge on any atom is 0.336 e. The first kappa shape index (κ1) is 18.3. The van der Waals surface area contributed by atoms with Crippen LogP contribution >= 0.6 is 0 Å². The lowest BCUT2D eigenvalue weighted by Gasteiger charge is -2.40. The average Bonchev–Trinajstić information content (AvgIpc) is 2.68. The number of fused-ring (bicyclic) bond motifs is 2. The van der Waals surface area contributed by atoms with Crippen molar-refractivity contribution in [2.75, 3.05) is 19.0 Å². The summed E-state index contributed by atoms with van der Waals surface area (Å²) in [7, 11) is 4.09. The summed E-state index contributed by atoms with van der Waals surface area (Å²) in [5, 5.41) is 9.80. The molecule has 0 atom stereocenters. The Morgan fingerprint density at radius 3 is 2.54 bits per heavy atom. The first-order valence-electron chi connectivity index (χ1n) is 9.59. The molecule has 2 aliphatic carbocycles. The predicted molar refractivity (Wildman–Crippen MR) is 115 cm³/mol. The van der Waals surface area contributed by atoms with E-state index in [1.807, 2.05) is 26.2 Å². The van der Waals surface area contributed by atoms with Crippen LogP contribution in [0.25, 0.3) is 5.57 Å². The SMILES string of the molecule is CN(C)c1ccc2c(c1)C(C)(C)C1=CCC=CC1=C2c1ccccc1C(=O)O. The number of aromatic carboxylic acids is 1. The van der Waals surface area contributed by atoms with Gasteiger partial charge in [-0.15, -0.1) is 0 Å². The highest BCUT2D eigenvalue weighted by atomic mass is 16.4. The molecule has 0 unspecified atom stereocenters. The van der Waals surface area contributed by atoms with Gasteiger partial charge in [-0.2, -0.15) is 0 Å². The lowest BCUT2D eigenvalue weighted by atomic mass is 9.64. The topological polar surface area (TPSA) is 40.5 Å². The quantitative estimate of drug-likeness (QED) is 0.782. The first-order valence-corrected chi connectivity index (χ1v) is 9.59. The van der Waals surface area contributed by atoms with Crippen LogP contribution in [0.2, 0.25) is 0 Å². The minimum Gasteiger partial charge on any atom is -0.478 e. The second-order valence-electron chi connectivity index (χ2n) is 8.14. The Bertz CT molecular complexity index is 1070. The van der Waals surface area contributed by atoms with Crippen molar-refractivity contribution in [2.45, 2.75) is 25.7 Å². The highest BCUT2D eigenvalue weighted by Crippen LogP contribution is 2.51. The van der Waals surface area contributed by atoms with Gasteiger partial charge in [0.15, 0.2) is 0 Å². The maximum absolute atomic E-state index is 11.9. The zero-order valence-electron chi connectivity index (χ0n) is 16.8. The molecule has 0 bridgehead atoms. The van der Waals surface area contributed by atoms with Gasteiger partial charge in [0.2, 0.25) is 0 Å². The summed E-state index contributed by atoms with van der Waals surface area (Å²) in [6.07, 6.45) is 7.49. The smallest absolute Gasteiger partial charge is 0.336 e. The standard InChI is InChI=1S/C25H25NO2/c1-25(2)21-12-8-7-11-19(21)23(17-9-5-6-10-18(17)24(27)28)20-14-13-16(26(3)4)15-22(20)25/h5-7,9-15H,8H2,1-4H3,(H,27,28). The fourth-order valence-electron chi connectivity index (χ4n) is 4.39. The summed E-state index contributed by atoms with van der Waals surface area (Å²) >= 11 is 0. The summed E-state index contributed by atoms with van der Waals surface area (Å²) in [6.45, 7) is 4.52. The van der Waals surface area contributed by atoms with Crippen molar-refractivity contribution in [3.8, 4) is 0 Å². The van der Waals surface area contributed by atoms with Crippen LogP contribution < -0.4 is 4.90 Å². The van der Waals surface area contributed by atoms with Crippen molar-refractivity contribution >= 4 is 17.2 Å². The molecule has 3 nitrogen and oxygen atoms in total. The Morgan fingerprint density at radius 2 is 1.82 bits per heavy atom. The van der Waals surface area contributed by atoms with Gasteiger partial charge in [-0.3, -0.25) is 0 Å². The Hall–Kier alpha value is -3.07. The largest absolute Gasteiger partial charge is 0.478 e. The van der Waals surface area contributed by atoms with Gasteiger partial charge in [0.25, 0.3) is 0 Å². The lowest BCUT2D eigenvalue weighted by Crippen LogP contribution is -2.29. The van der Waals surface area contributed by atoms with E-state index in [1.165, 1.54) is 11.1 Å². The molecule has 0 aromatic heterocycles. The molecule has 0 saturated carbocycles. The molecule has 0 aliphatic heterocycles. The predicted octanol–water partition coefficient (Wildman–Crippen LogP) is 5.43. The summed E-state index contributed by atoms with van der Waals surface area (Å²) in [4.78, 5) is 14.1. The van der Waals surface area contributed by atoms with Gasteiger partial charge in [-0.25, -0.2) is 4.79 Å². The molecule has 2 aromatic carbocycles. The molecule has 2 aliphatic rings. The minimum atomic E-state index is -0.898. The van der Waals surface area contributed by atoms with Crippen molar-refractivity contribution < 1.29 is 9.90 Å². The van der Waals surface area contributed by atoms with E-state index in [0.29, 0.717) is 5.56 Å². The monoisotopic (exact) mass is 371 g/mol. The van der Waals surface area contributed by atoms with Crippen molar-refractivity contribution in [1.29, 1.82) is 0 Å². The van der Waals surface area contributed by atoms with Gasteiger partial charge >= 0.3 is 5.97 Å². The zero-order chi connectivity index (χ0) is 20.1. The first-order chi connectivity index (χ1) is 13.3. The number of carboxylic acids is 1. The van der Waals surface area contributed by atoms with Crippen molar-refractivity contribution in [3.63, 3.8) is 0 Å². The third-order valence-corrected chi connectivity index (χ3v) is 5.86. The number of carbonyl (C=O) groups is 1. The van der Waals surface area contributed by atoms with Gasteiger partial charge in [0.1, 0.15) is 0 Å². The lowest BCUT2D eigenvalue weighted by molar-refractivity contribution is 0.0696. The molecule has 4 rings (SSSR count). The Labute approximate surface area is 166 Å². The fourth-order valence-corrected chi connectivity index (χ4v) is 4.39. The number of anilines is 1. The molecule has 0 saturated heterocycles. The highest BCUT2D eigenvalue weighted by Gasteiger charge is 2.38. The van der Waals surface area contributed by atoms with Gasteiger partial charge in [-0.1, -0.05) is 56.3 Å². The normalized spacial score (nSPS) is 16.9. The zero-order valence-corrected chi connectivity index (χ0v) is 16.8. The molecule has 2 aromatic rings. The number of nitrogens with zero attached hydrogens (tertiary/aromatic N) is 1. The summed E-state index contributed by atoms with van der Waals surface area (Å²) in [6, 6.07) is 13.8. The van der Waals surface area contributed by atoms with Crippen LogP contribution in [0.4, 0.5) is 5.69 Å². The van der Waals surface area contributed by atoms with E-state index in [-0.39, 0.29) is 5.41 Å². The third-order valence-electron chi connectivity index (χ3n) is 5.86. The molecular weight excluding hydrogens is 346 g/mol. The van der Waals surface area contributed by atoms with E-state index >= 15 is 0 Å². The van der Waals surface area contributed by atoms with Crippen LogP contribution in [0.1, 0.15) is 47.3 Å². The van der Waals surface area contributed by atoms with Gasteiger partial charge in [0, 0.05) is 25.2 Å². The van der Waals surface area contributed by atoms with Crippen molar-refractivity contribution in [3.05, 3.63) is 94.1 Å². The number of benzene rings is 2. The number of carboxylic acid groups (broad SMARTS) is 1. The molecule has 28 heavy (non-hydrogen) atoms. The molecule has 0 spiro atoms. The second kappa shape index (κ2) is 6.52. The van der Waals surface area contributed by atoms with Crippen LogP contribution in [0.15, 0.2) is 71.8 Å². The molecular formula is C25H25NO2. The minimum absolute atomic E-state index is 0.150. The number of hydrogen-bond donors (Lipinski definition) is 1. The Kier molecular flexibility index (Phi) is 4.26. The van der Waals surface area contributed by atoms with E-state index in [9.17, 15) is 9.90 Å². The van der Waals surface area contributed by atoms with Gasteiger partial charge in [-0.05, 0) is 58.0 Å². The maximum atomic E-state index is 11.9. The van der Waals surface area contributed by atoms with E-state index in [4.69, 9.17) is 0 Å². The summed E-state index contributed by atoms with van der Waals surface area (Å²) in [5.74, 6) is -0.898. The molecule has 0 heterocycles. The Balaban J connectivity index is 2.10. The van der Waals surface area contributed by atoms with Gasteiger partial charge < -0.3 is 10.0 Å². The molecule has 0 amide bonds. The van der Waals surface area contributed by atoms with Crippen LogP contribution in [0.3, 0.4) is 0 Å². The summed E-state index contributed by atoms with van der Waals surface area (Å²) < 4.78 is 0. The number of rotatable bonds is 3. The van der Waals surface area contributed by atoms with E-state index in [0.717, 1.165) is 34.4 Å². The van der Waals surface area contributed by atoms with Crippen LogP contribution in [0, 0.1) is 0 Å². The molecule has 0 fully saturated rings. The van der Waals surface area contributed by atoms with Crippen LogP contribution in [0.5, 0.6) is 0 Å². The number of hydrogen-bond acceptors (Lipinski definition) is 2. The molecule has 0 radical (unpaired) electrons. The van der Waals surface area contributed by atoms with Crippen LogP contribution in [-0.4, -0.2) is 25.2 Å². The van der Waals surface area contributed by atoms with Crippen LogP contribution in [-0.2, 0) is 5.41 Å². The van der Waals surface area contributed by atoms with Gasteiger partial charge in [0.05, 0.1) is 5.56 Å². The molecule has 1 N–H and O–H groups in total. The highest BCUT2D eigenvalue weighted by molar-refractivity contribution is 6.01. The van der Waals surface area contributed by atoms with Crippen molar-refractivity contribution in [1.82, 2.24) is 0 Å². The average molecular weight is 371 g/mol.